The number of halogens is 1. The lowest BCUT2D eigenvalue weighted by atomic mass is 10.1. The van der Waals surface area contributed by atoms with Gasteiger partial charge in [-0.2, -0.15) is 0 Å². The third-order valence-electron chi connectivity index (χ3n) is 3.48. The van der Waals surface area contributed by atoms with Crippen molar-refractivity contribution in [2.24, 2.45) is 0 Å². The van der Waals surface area contributed by atoms with Gasteiger partial charge in [-0.3, -0.25) is 14.9 Å². The molecule has 2 rings (SSSR count). The van der Waals surface area contributed by atoms with Crippen molar-refractivity contribution in [2.75, 3.05) is 25.6 Å². The average molecular weight is 409 g/mol. The predicted octanol–water partition coefficient (Wildman–Crippen LogP) is 3.45. The van der Waals surface area contributed by atoms with Crippen LogP contribution in [-0.4, -0.2) is 37.1 Å². The number of nitro benzene ring substituents is 1. The van der Waals surface area contributed by atoms with Crippen molar-refractivity contribution in [1.29, 1.82) is 0 Å². The number of methoxy groups -OCH3 is 1. The zero-order chi connectivity index (χ0) is 20.7. The summed E-state index contributed by atoms with van der Waals surface area (Å²) in [6, 6.07) is 8.04. The molecule has 0 spiro atoms. The molecule has 2 aromatic carbocycles. The van der Waals surface area contributed by atoms with Crippen molar-refractivity contribution in [2.45, 2.75) is 6.92 Å². The van der Waals surface area contributed by atoms with Crippen LogP contribution in [-0.2, 0) is 9.53 Å². The molecule has 148 valence electrons. The Balaban J connectivity index is 2.04. The zero-order valence-corrected chi connectivity index (χ0v) is 15.8. The number of nitrogens with one attached hydrogen (secondary N) is 1. The summed E-state index contributed by atoms with van der Waals surface area (Å²) in [6.07, 6.45) is 0. The molecule has 0 saturated carbocycles. The Kier molecular flexibility index (Phi) is 7.16. The largest absolute Gasteiger partial charge is 0.496 e. The SMILES string of the molecule is CCOC(=O)c1cc(Cl)c(NC(=O)COc2ccc([N+](=O)[O-])cc2)cc1OC. The minimum Gasteiger partial charge on any atom is -0.496 e. The summed E-state index contributed by atoms with van der Waals surface area (Å²) in [5.41, 5.74) is 0.274. The van der Waals surface area contributed by atoms with Crippen molar-refractivity contribution in [3.63, 3.8) is 0 Å². The lowest BCUT2D eigenvalue weighted by molar-refractivity contribution is -0.384. The molecule has 0 radical (unpaired) electrons. The van der Waals surface area contributed by atoms with Crippen molar-refractivity contribution in [1.82, 2.24) is 0 Å². The summed E-state index contributed by atoms with van der Waals surface area (Å²) in [4.78, 5) is 34.1. The predicted molar refractivity (Wildman–Crippen MR) is 101 cm³/mol. The first kappa shape index (κ1) is 21.0. The molecule has 0 aromatic heterocycles. The van der Waals surface area contributed by atoms with Crippen LogP contribution in [0.4, 0.5) is 11.4 Å². The Labute approximate surface area is 165 Å². The van der Waals surface area contributed by atoms with E-state index in [1.165, 1.54) is 43.5 Å². The lowest BCUT2D eigenvalue weighted by Gasteiger charge is -2.13. The van der Waals surface area contributed by atoms with Gasteiger partial charge < -0.3 is 19.5 Å². The topological polar surface area (TPSA) is 117 Å². The van der Waals surface area contributed by atoms with Gasteiger partial charge in [0.15, 0.2) is 6.61 Å². The van der Waals surface area contributed by atoms with Gasteiger partial charge in [0.25, 0.3) is 11.6 Å². The Bertz CT molecular complexity index is 884. The summed E-state index contributed by atoms with van der Waals surface area (Å²) in [6.45, 7) is 1.51. The molecule has 1 amide bonds. The number of hydrogen-bond acceptors (Lipinski definition) is 7. The van der Waals surface area contributed by atoms with Gasteiger partial charge in [0, 0.05) is 18.2 Å². The maximum absolute atomic E-state index is 12.1. The monoisotopic (exact) mass is 408 g/mol. The zero-order valence-electron chi connectivity index (χ0n) is 15.1. The second kappa shape index (κ2) is 9.56. The number of nitrogens with zero attached hydrogens (tertiary/aromatic N) is 1. The van der Waals surface area contributed by atoms with E-state index >= 15 is 0 Å². The van der Waals surface area contributed by atoms with Gasteiger partial charge in [0.05, 0.1) is 29.4 Å². The second-order valence-electron chi connectivity index (χ2n) is 5.34. The molecule has 28 heavy (non-hydrogen) atoms. The van der Waals surface area contributed by atoms with Crippen LogP contribution < -0.4 is 14.8 Å². The number of carbonyl (C=O) groups excluding carboxylic acids is 2. The fourth-order valence-electron chi connectivity index (χ4n) is 2.19. The fourth-order valence-corrected chi connectivity index (χ4v) is 2.40. The Morgan fingerprint density at radius 3 is 2.46 bits per heavy atom. The van der Waals surface area contributed by atoms with Gasteiger partial charge in [0.2, 0.25) is 0 Å². The van der Waals surface area contributed by atoms with Crippen LogP contribution in [0, 0.1) is 10.1 Å². The average Bonchev–Trinajstić information content (AvgIpc) is 2.68. The van der Waals surface area contributed by atoms with Crippen LogP contribution in [0.15, 0.2) is 36.4 Å². The molecule has 9 nitrogen and oxygen atoms in total. The summed E-state index contributed by atoms with van der Waals surface area (Å²) in [5, 5.41) is 13.3. The molecule has 0 aliphatic rings. The standard InChI is InChI=1S/C18H17ClN2O7/c1-3-27-18(23)13-8-14(19)15(9-16(13)26-2)20-17(22)10-28-12-6-4-11(5-7-12)21(24)25/h4-9H,3,10H2,1-2H3,(H,20,22). The number of esters is 1. The quantitative estimate of drug-likeness (QED) is 0.403. The van der Waals surface area contributed by atoms with E-state index < -0.39 is 16.8 Å². The first-order valence-corrected chi connectivity index (χ1v) is 8.45. The summed E-state index contributed by atoms with van der Waals surface area (Å²) < 4.78 is 15.4. The smallest absolute Gasteiger partial charge is 0.341 e. The van der Waals surface area contributed by atoms with Crippen LogP contribution >= 0.6 is 11.6 Å². The Morgan fingerprint density at radius 1 is 1.21 bits per heavy atom. The van der Waals surface area contributed by atoms with E-state index in [0.717, 1.165) is 0 Å². The highest BCUT2D eigenvalue weighted by Crippen LogP contribution is 2.31. The molecule has 0 bridgehead atoms. The van der Waals surface area contributed by atoms with E-state index in [4.69, 9.17) is 25.8 Å². The van der Waals surface area contributed by atoms with Crippen LogP contribution in [0.5, 0.6) is 11.5 Å². The molecule has 0 fully saturated rings. The number of benzene rings is 2. The summed E-state index contributed by atoms with van der Waals surface area (Å²) >= 11 is 6.13. The summed E-state index contributed by atoms with van der Waals surface area (Å²) in [5.74, 6) is -0.636. The van der Waals surface area contributed by atoms with Crippen LogP contribution in [0.2, 0.25) is 5.02 Å². The molecule has 10 heteroatoms. The summed E-state index contributed by atoms with van der Waals surface area (Å²) in [7, 11) is 1.37. The third kappa shape index (κ3) is 5.34. The maximum Gasteiger partial charge on any atom is 0.341 e. The minimum atomic E-state index is -0.597. The van der Waals surface area contributed by atoms with Gasteiger partial charge in [0.1, 0.15) is 17.1 Å². The van der Waals surface area contributed by atoms with Gasteiger partial charge >= 0.3 is 5.97 Å². The highest BCUT2D eigenvalue weighted by molar-refractivity contribution is 6.34. The van der Waals surface area contributed by atoms with Crippen molar-refractivity contribution >= 4 is 34.9 Å². The second-order valence-corrected chi connectivity index (χ2v) is 5.75. The van der Waals surface area contributed by atoms with Crippen molar-refractivity contribution in [3.05, 3.63) is 57.1 Å². The lowest BCUT2D eigenvalue weighted by Crippen LogP contribution is -2.20. The van der Waals surface area contributed by atoms with E-state index in [2.05, 4.69) is 5.32 Å². The van der Waals surface area contributed by atoms with Gasteiger partial charge in [-0.1, -0.05) is 11.6 Å². The Hall–Kier alpha value is -3.33. The highest BCUT2D eigenvalue weighted by atomic mass is 35.5. The highest BCUT2D eigenvalue weighted by Gasteiger charge is 2.18. The molecule has 1 N–H and O–H groups in total. The van der Waals surface area contributed by atoms with E-state index in [-0.39, 0.29) is 40.9 Å². The number of carbonyl (C=O) groups is 2. The van der Waals surface area contributed by atoms with E-state index in [9.17, 15) is 19.7 Å². The van der Waals surface area contributed by atoms with Crippen LogP contribution in [0.3, 0.4) is 0 Å². The first-order chi connectivity index (χ1) is 13.3. The van der Waals surface area contributed by atoms with E-state index in [1.807, 2.05) is 0 Å². The van der Waals surface area contributed by atoms with Gasteiger partial charge in [-0.05, 0) is 25.1 Å². The number of non-ortho nitro benzene ring substituents is 1. The molecule has 0 aliphatic heterocycles. The fraction of sp³-hybridized carbons (Fsp3) is 0.222. The molecule has 2 aromatic rings. The Morgan fingerprint density at radius 2 is 1.89 bits per heavy atom. The number of hydrogen-bond donors (Lipinski definition) is 1. The van der Waals surface area contributed by atoms with Crippen LogP contribution in [0.1, 0.15) is 17.3 Å². The number of amides is 1. The van der Waals surface area contributed by atoms with Crippen molar-refractivity contribution in [3.8, 4) is 11.5 Å². The molecule has 0 saturated heterocycles. The van der Waals surface area contributed by atoms with Gasteiger partial charge in [-0.15, -0.1) is 0 Å². The number of nitro groups is 1. The van der Waals surface area contributed by atoms with Crippen molar-refractivity contribution < 1.29 is 28.7 Å². The molecular weight excluding hydrogens is 392 g/mol. The normalized spacial score (nSPS) is 10.1. The van der Waals surface area contributed by atoms with E-state index in [1.54, 1.807) is 6.92 Å². The molecular formula is C18H17ClN2O7. The van der Waals surface area contributed by atoms with Crippen LogP contribution in [0.25, 0.3) is 0 Å². The molecule has 0 atom stereocenters. The molecule has 0 unspecified atom stereocenters. The minimum absolute atomic E-state index is 0.0858. The first-order valence-electron chi connectivity index (χ1n) is 8.07. The van der Waals surface area contributed by atoms with E-state index in [0.29, 0.717) is 5.75 Å². The third-order valence-corrected chi connectivity index (χ3v) is 3.79. The van der Waals surface area contributed by atoms with Gasteiger partial charge in [-0.25, -0.2) is 4.79 Å². The molecule has 0 heterocycles. The number of ether oxygens (including phenoxy) is 3. The number of rotatable bonds is 8. The number of anilines is 1. The maximum atomic E-state index is 12.1. The molecule has 0 aliphatic carbocycles.